The number of likely N-dealkylation sites (tertiary alicyclic amines) is 1. The second-order valence-corrected chi connectivity index (χ2v) is 5.65. The first-order chi connectivity index (χ1) is 10.8. The van der Waals surface area contributed by atoms with E-state index in [0.717, 1.165) is 42.8 Å². The number of fused-ring (bicyclic) bond motifs is 1. The molecule has 2 aliphatic rings. The van der Waals surface area contributed by atoms with Gasteiger partial charge in [0.05, 0.1) is 17.2 Å². The molecule has 0 bridgehead atoms. The quantitative estimate of drug-likeness (QED) is 0.780. The number of imidazole rings is 1. The van der Waals surface area contributed by atoms with Crippen LogP contribution in [-0.2, 0) is 0 Å². The summed E-state index contributed by atoms with van der Waals surface area (Å²) < 4.78 is 1.92. The molecular formula is C16H18N5O. The van der Waals surface area contributed by atoms with Gasteiger partial charge in [0.2, 0.25) is 0 Å². The van der Waals surface area contributed by atoms with Gasteiger partial charge in [-0.1, -0.05) is 12.1 Å². The molecule has 1 aromatic heterocycles. The van der Waals surface area contributed by atoms with Crippen LogP contribution < -0.4 is 16.5 Å². The average Bonchev–Trinajstić information content (AvgIpc) is 2.91. The third-order valence-electron chi connectivity index (χ3n) is 4.38. The van der Waals surface area contributed by atoms with E-state index in [1.165, 1.54) is 0 Å². The van der Waals surface area contributed by atoms with E-state index in [-0.39, 0.29) is 11.7 Å². The summed E-state index contributed by atoms with van der Waals surface area (Å²) in [5.74, 6) is 1.06. The number of hydrazine groups is 1. The first kappa shape index (κ1) is 13.1. The topological polar surface area (TPSA) is 65.1 Å². The Morgan fingerprint density at radius 3 is 2.77 bits per heavy atom. The zero-order chi connectivity index (χ0) is 14.9. The zero-order valence-corrected chi connectivity index (χ0v) is 12.2. The molecule has 1 fully saturated rings. The standard InChI is InChI=1S/C16H18N5O/c22-16-18-13-4-1-2-5-14(13)21(16)12-7-10-20(11-8-12)15-6-3-9-17-19-15/h1-6,12,17,19H,7-8,10-11H2,(H,18,22). The molecule has 2 aliphatic heterocycles. The predicted octanol–water partition coefficient (Wildman–Crippen LogP) is 1.23. The normalized spacial score (nSPS) is 18.9. The Bertz CT molecular complexity index is 792. The molecule has 6 nitrogen and oxygen atoms in total. The van der Waals surface area contributed by atoms with Crippen LogP contribution in [-0.4, -0.2) is 27.5 Å². The smallest absolute Gasteiger partial charge is 0.326 e. The number of benzene rings is 1. The summed E-state index contributed by atoms with van der Waals surface area (Å²) in [5, 5.41) is 0. The predicted molar refractivity (Wildman–Crippen MR) is 84.6 cm³/mol. The summed E-state index contributed by atoms with van der Waals surface area (Å²) in [6.45, 7) is 1.84. The van der Waals surface area contributed by atoms with E-state index in [4.69, 9.17) is 0 Å². The number of rotatable bonds is 2. The van der Waals surface area contributed by atoms with Crippen LogP contribution in [0.25, 0.3) is 11.0 Å². The van der Waals surface area contributed by atoms with Gasteiger partial charge in [0.15, 0.2) is 0 Å². The van der Waals surface area contributed by atoms with Crippen molar-refractivity contribution in [2.75, 3.05) is 13.1 Å². The Kier molecular flexibility index (Phi) is 3.14. The fraction of sp³-hybridized carbons (Fsp3) is 0.312. The van der Waals surface area contributed by atoms with E-state index < -0.39 is 0 Å². The van der Waals surface area contributed by atoms with Gasteiger partial charge in [-0.3, -0.25) is 15.4 Å². The van der Waals surface area contributed by atoms with Crippen molar-refractivity contribution in [2.24, 2.45) is 0 Å². The van der Waals surface area contributed by atoms with Crippen molar-refractivity contribution in [2.45, 2.75) is 18.9 Å². The molecule has 0 aliphatic carbocycles. The molecule has 113 valence electrons. The fourth-order valence-electron chi connectivity index (χ4n) is 3.29. The monoisotopic (exact) mass is 296 g/mol. The number of H-pyrrole nitrogens is 1. The molecule has 6 heteroatoms. The molecule has 4 rings (SSSR count). The van der Waals surface area contributed by atoms with E-state index in [2.05, 4.69) is 26.9 Å². The molecule has 0 unspecified atom stereocenters. The van der Waals surface area contributed by atoms with E-state index in [0.29, 0.717) is 0 Å². The van der Waals surface area contributed by atoms with Crippen LogP contribution in [0, 0.1) is 6.20 Å². The number of para-hydroxylation sites is 2. The minimum Gasteiger partial charge on any atom is -0.357 e. The van der Waals surface area contributed by atoms with Crippen LogP contribution in [0.2, 0.25) is 0 Å². The van der Waals surface area contributed by atoms with Gasteiger partial charge in [0.1, 0.15) is 5.82 Å². The van der Waals surface area contributed by atoms with E-state index >= 15 is 0 Å². The van der Waals surface area contributed by atoms with Gasteiger partial charge in [-0.2, -0.15) is 0 Å². The number of piperidine rings is 1. The summed E-state index contributed by atoms with van der Waals surface area (Å²) in [7, 11) is 0. The summed E-state index contributed by atoms with van der Waals surface area (Å²) in [5.41, 5.74) is 7.89. The molecule has 1 saturated heterocycles. The third kappa shape index (κ3) is 2.16. The van der Waals surface area contributed by atoms with Gasteiger partial charge in [-0.25, -0.2) is 4.79 Å². The highest BCUT2D eigenvalue weighted by molar-refractivity contribution is 5.75. The number of nitrogens with one attached hydrogen (secondary N) is 3. The molecule has 3 N–H and O–H groups in total. The molecule has 0 atom stereocenters. The highest BCUT2D eigenvalue weighted by atomic mass is 16.1. The first-order valence-corrected chi connectivity index (χ1v) is 7.57. The Morgan fingerprint density at radius 1 is 1.18 bits per heavy atom. The van der Waals surface area contributed by atoms with Gasteiger partial charge in [-0.15, -0.1) is 0 Å². The lowest BCUT2D eigenvalue weighted by molar-refractivity contribution is 0.212. The Morgan fingerprint density at radius 2 is 2.00 bits per heavy atom. The van der Waals surface area contributed by atoms with Crippen molar-refractivity contribution < 1.29 is 0 Å². The maximum absolute atomic E-state index is 12.3. The highest BCUT2D eigenvalue weighted by Crippen LogP contribution is 2.26. The Balaban J connectivity index is 1.56. The van der Waals surface area contributed by atoms with Crippen LogP contribution >= 0.6 is 0 Å². The number of allylic oxidation sites excluding steroid dienone is 2. The minimum absolute atomic E-state index is 0.00569. The maximum atomic E-state index is 12.3. The van der Waals surface area contributed by atoms with Gasteiger partial charge in [0, 0.05) is 19.1 Å². The lowest BCUT2D eigenvalue weighted by atomic mass is 10.0. The van der Waals surface area contributed by atoms with Gasteiger partial charge >= 0.3 is 5.69 Å². The minimum atomic E-state index is -0.00569. The zero-order valence-electron chi connectivity index (χ0n) is 12.2. The van der Waals surface area contributed by atoms with Crippen LogP contribution in [0.5, 0.6) is 0 Å². The van der Waals surface area contributed by atoms with Crippen molar-refractivity contribution in [3.05, 3.63) is 58.9 Å². The summed E-state index contributed by atoms with van der Waals surface area (Å²) in [6, 6.07) is 8.14. The summed E-state index contributed by atoms with van der Waals surface area (Å²) >= 11 is 0. The van der Waals surface area contributed by atoms with Crippen LogP contribution in [0.1, 0.15) is 18.9 Å². The summed E-state index contributed by atoms with van der Waals surface area (Å²) in [6.07, 6.45) is 8.65. The van der Waals surface area contributed by atoms with Gasteiger partial charge < -0.3 is 9.88 Å². The van der Waals surface area contributed by atoms with Crippen LogP contribution in [0.4, 0.5) is 0 Å². The van der Waals surface area contributed by atoms with Crippen molar-refractivity contribution in [3.8, 4) is 0 Å². The molecule has 1 radical (unpaired) electrons. The van der Waals surface area contributed by atoms with Gasteiger partial charge in [-0.05, 0) is 37.1 Å². The second kappa shape index (κ2) is 5.29. The van der Waals surface area contributed by atoms with E-state index in [1.54, 1.807) is 0 Å². The highest BCUT2D eigenvalue weighted by Gasteiger charge is 2.24. The number of hydrogen-bond donors (Lipinski definition) is 3. The fourth-order valence-corrected chi connectivity index (χ4v) is 3.29. The van der Waals surface area contributed by atoms with Crippen molar-refractivity contribution >= 4 is 11.0 Å². The molecule has 3 heterocycles. The van der Waals surface area contributed by atoms with E-state index in [9.17, 15) is 4.79 Å². The number of nitrogens with zero attached hydrogens (tertiary/aromatic N) is 2. The Labute approximate surface area is 128 Å². The second-order valence-electron chi connectivity index (χ2n) is 5.65. The largest absolute Gasteiger partial charge is 0.357 e. The SMILES string of the molecule is O=c1[nH]c2ccccc2n1C1CCN(C2=CC=[C]NN2)CC1. The number of hydrogen-bond acceptors (Lipinski definition) is 4. The lowest BCUT2D eigenvalue weighted by Gasteiger charge is -2.36. The van der Waals surface area contributed by atoms with Crippen molar-refractivity contribution in [1.29, 1.82) is 0 Å². The molecule has 1 aromatic carbocycles. The Hall–Kier alpha value is -2.63. The van der Waals surface area contributed by atoms with Gasteiger partial charge in [0.25, 0.3) is 0 Å². The molecule has 22 heavy (non-hydrogen) atoms. The lowest BCUT2D eigenvalue weighted by Crippen LogP contribution is -2.43. The van der Waals surface area contributed by atoms with Crippen molar-refractivity contribution in [3.63, 3.8) is 0 Å². The van der Waals surface area contributed by atoms with Crippen LogP contribution in [0.3, 0.4) is 0 Å². The number of aromatic nitrogens is 2. The third-order valence-corrected chi connectivity index (χ3v) is 4.38. The van der Waals surface area contributed by atoms with E-state index in [1.807, 2.05) is 41.0 Å². The van der Waals surface area contributed by atoms with Crippen LogP contribution in [0.15, 0.2) is 47.0 Å². The molecule has 0 amide bonds. The average molecular weight is 296 g/mol. The van der Waals surface area contributed by atoms with Crippen molar-refractivity contribution in [1.82, 2.24) is 25.3 Å². The first-order valence-electron chi connectivity index (χ1n) is 7.57. The number of aromatic amines is 1. The maximum Gasteiger partial charge on any atom is 0.326 e. The molecular weight excluding hydrogens is 278 g/mol. The summed E-state index contributed by atoms with van der Waals surface area (Å²) in [4.78, 5) is 17.5. The molecule has 0 saturated carbocycles. The molecule has 2 aromatic rings. The molecule has 0 spiro atoms.